The molecule has 0 fully saturated rings. The summed E-state index contributed by atoms with van der Waals surface area (Å²) < 4.78 is 1.86. The zero-order valence-electron chi connectivity index (χ0n) is 8.45. The molecule has 0 aromatic carbocycles. The van der Waals surface area contributed by atoms with Gasteiger partial charge in [0.05, 0.1) is 5.75 Å². The number of aryl methyl sites for hydroxylation is 1. The maximum atomic E-state index is 11.5. The molecule has 2 rings (SSSR count). The van der Waals surface area contributed by atoms with Gasteiger partial charge in [-0.25, -0.2) is 4.98 Å². The second kappa shape index (κ2) is 5.08. The zero-order chi connectivity index (χ0) is 11.4. The Labute approximate surface area is 100 Å². The van der Waals surface area contributed by atoms with Crippen LogP contribution in [0, 0.1) is 0 Å². The van der Waals surface area contributed by atoms with Crippen molar-refractivity contribution < 1.29 is 4.79 Å². The van der Waals surface area contributed by atoms with Crippen molar-refractivity contribution in [1.29, 1.82) is 0 Å². The average Bonchev–Trinajstić information content (AvgIpc) is 2.87. The van der Waals surface area contributed by atoms with Crippen molar-refractivity contribution >= 4 is 34.1 Å². The molecular formula is C8H9N5OS2. The quantitative estimate of drug-likeness (QED) is 0.825. The number of carbonyl (C=O) groups is 1. The van der Waals surface area contributed by atoms with E-state index in [2.05, 4.69) is 20.5 Å². The molecule has 2 aromatic rings. The first-order valence-corrected chi connectivity index (χ1v) is 6.28. The number of thioether (sulfide) groups is 1. The van der Waals surface area contributed by atoms with Crippen LogP contribution in [-0.2, 0) is 11.8 Å². The topological polar surface area (TPSA) is 72.7 Å². The standard InChI is InChI=1S/C8H9N5OS2/c1-13-3-2-9-8(13)15-4-6(14)11-7-12-10-5-16-7/h2-3,5H,4H2,1H3,(H,11,12,14). The fourth-order valence-corrected chi connectivity index (χ4v) is 2.20. The highest BCUT2D eigenvalue weighted by Gasteiger charge is 2.07. The Kier molecular flexibility index (Phi) is 3.52. The first-order valence-electron chi connectivity index (χ1n) is 4.42. The minimum absolute atomic E-state index is 0.107. The fourth-order valence-electron chi connectivity index (χ4n) is 1.00. The number of imidazole rings is 1. The van der Waals surface area contributed by atoms with Gasteiger partial charge >= 0.3 is 0 Å². The molecule has 16 heavy (non-hydrogen) atoms. The molecule has 0 spiro atoms. The number of amides is 1. The lowest BCUT2D eigenvalue weighted by Crippen LogP contribution is -2.14. The Bertz CT molecular complexity index is 466. The van der Waals surface area contributed by atoms with Gasteiger partial charge in [0.15, 0.2) is 5.16 Å². The van der Waals surface area contributed by atoms with E-state index in [-0.39, 0.29) is 5.91 Å². The number of rotatable bonds is 4. The molecule has 0 saturated carbocycles. The molecule has 1 amide bonds. The van der Waals surface area contributed by atoms with Crippen LogP contribution in [0.25, 0.3) is 0 Å². The van der Waals surface area contributed by atoms with Gasteiger partial charge in [-0.15, -0.1) is 10.2 Å². The van der Waals surface area contributed by atoms with Crippen LogP contribution >= 0.6 is 23.1 Å². The Morgan fingerprint density at radius 1 is 1.69 bits per heavy atom. The minimum Gasteiger partial charge on any atom is -0.329 e. The van der Waals surface area contributed by atoms with Gasteiger partial charge in [-0.05, 0) is 0 Å². The van der Waals surface area contributed by atoms with Gasteiger partial charge < -0.3 is 4.57 Å². The predicted octanol–water partition coefficient (Wildman–Crippen LogP) is 1.00. The average molecular weight is 255 g/mol. The van der Waals surface area contributed by atoms with Crippen molar-refractivity contribution in [2.24, 2.45) is 7.05 Å². The number of nitrogens with zero attached hydrogens (tertiary/aromatic N) is 4. The summed E-state index contributed by atoms with van der Waals surface area (Å²) in [5, 5.41) is 11.3. The molecule has 2 aromatic heterocycles. The number of nitrogens with one attached hydrogen (secondary N) is 1. The second-order valence-corrected chi connectivity index (χ2v) is 4.68. The van der Waals surface area contributed by atoms with E-state index in [1.807, 2.05) is 17.8 Å². The van der Waals surface area contributed by atoms with E-state index in [1.165, 1.54) is 23.1 Å². The Morgan fingerprint density at radius 3 is 3.19 bits per heavy atom. The van der Waals surface area contributed by atoms with E-state index in [0.717, 1.165) is 5.16 Å². The van der Waals surface area contributed by atoms with Gasteiger partial charge in [-0.3, -0.25) is 10.1 Å². The van der Waals surface area contributed by atoms with Gasteiger partial charge in [0.25, 0.3) is 0 Å². The van der Waals surface area contributed by atoms with Crippen LogP contribution < -0.4 is 5.32 Å². The van der Waals surface area contributed by atoms with Crippen molar-refractivity contribution in [2.45, 2.75) is 5.16 Å². The van der Waals surface area contributed by atoms with E-state index < -0.39 is 0 Å². The van der Waals surface area contributed by atoms with Gasteiger partial charge in [0.2, 0.25) is 11.0 Å². The maximum absolute atomic E-state index is 11.5. The Balaban J connectivity index is 1.82. The van der Waals surface area contributed by atoms with Crippen molar-refractivity contribution in [1.82, 2.24) is 19.7 Å². The summed E-state index contributed by atoms with van der Waals surface area (Å²) in [5.41, 5.74) is 1.57. The summed E-state index contributed by atoms with van der Waals surface area (Å²) >= 11 is 2.67. The summed E-state index contributed by atoms with van der Waals surface area (Å²) in [5.74, 6) is 0.203. The van der Waals surface area contributed by atoms with Crippen LogP contribution in [0.5, 0.6) is 0 Å². The summed E-state index contributed by atoms with van der Waals surface area (Å²) in [6, 6.07) is 0. The lowest BCUT2D eigenvalue weighted by atomic mass is 10.7. The van der Waals surface area contributed by atoms with Crippen LogP contribution in [0.4, 0.5) is 5.13 Å². The molecule has 0 radical (unpaired) electrons. The molecule has 6 nitrogen and oxygen atoms in total. The molecule has 0 aliphatic rings. The molecule has 1 N–H and O–H groups in total. The van der Waals surface area contributed by atoms with Gasteiger partial charge in [-0.2, -0.15) is 0 Å². The molecule has 0 aliphatic heterocycles. The summed E-state index contributed by atoms with van der Waals surface area (Å²) in [4.78, 5) is 15.6. The first-order chi connectivity index (χ1) is 7.75. The smallest absolute Gasteiger partial charge is 0.236 e. The maximum Gasteiger partial charge on any atom is 0.236 e. The largest absolute Gasteiger partial charge is 0.329 e. The Hall–Kier alpha value is -1.41. The number of carbonyl (C=O) groups excluding carboxylic acids is 1. The molecule has 0 bridgehead atoms. The van der Waals surface area contributed by atoms with Gasteiger partial charge in [-0.1, -0.05) is 23.1 Å². The van der Waals surface area contributed by atoms with Crippen LogP contribution in [0.3, 0.4) is 0 Å². The third kappa shape index (κ3) is 2.80. The fraction of sp³-hybridized carbons (Fsp3) is 0.250. The molecule has 8 heteroatoms. The number of hydrogen-bond donors (Lipinski definition) is 1. The van der Waals surface area contributed by atoms with Crippen molar-refractivity contribution in [3.05, 3.63) is 17.9 Å². The molecule has 2 heterocycles. The SMILES string of the molecule is Cn1ccnc1SCC(=O)Nc1nncs1. The predicted molar refractivity (Wildman–Crippen MR) is 62.5 cm³/mol. The van der Waals surface area contributed by atoms with E-state index in [0.29, 0.717) is 10.9 Å². The van der Waals surface area contributed by atoms with Crippen LogP contribution in [0.2, 0.25) is 0 Å². The van der Waals surface area contributed by atoms with Crippen molar-refractivity contribution in [3.8, 4) is 0 Å². The number of aromatic nitrogens is 4. The number of anilines is 1. The summed E-state index contributed by atoms with van der Waals surface area (Å²) in [6.07, 6.45) is 3.54. The Morgan fingerprint density at radius 2 is 2.56 bits per heavy atom. The molecule has 84 valence electrons. The van der Waals surface area contributed by atoms with E-state index >= 15 is 0 Å². The molecule has 0 aliphatic carbocycles. The summed E-state index contributed by atoms with van der Waals surface area (Å²) in [6.45, 7) is 0. The molecular weight excluding hydrogens is 246 g/mol. The first kappa shape index (κ1) is 11.1. The third-order valence-corrected chi connectivity index (χ3v) is 3.38. The normalized spacial score (nSPS) is 10.3. The minimum atomic E-state index is -0.107. The molecule has 0 saturated heterocycles. The zero-order valence-corrected chi connectivity index (χ0v) is 10.1. The monoisotopic (exact) mass is 255 g/mol. The lowest BCUT2D eigenvalue weighted by molar-refractivity contribution is -0.113. The van der Waals surface area contributed by atoms with Crippen molar-refractivity contribution in [3.63, 3.8) is 0 Å². The van der Waals surface area contributed by atoms with E-state index in [1.54, 1.807) is 11.7 Å². The second-order valence-electron chi connectivity index (χ2n) is 2.90. The van der Waals surface area contributed by atoms with E-state index in [9.17, 15) is 4.79 Å². The highest BCUT2D eigenvalue weighted by atomic mass is 32.2. The van der Waals surface area contributed by atoms with Crippen LogP contribution in [-0.4, -0.2) is 31.4 Å². The molecule has 0 unspecified atom stereocenters. The molecule has 0 atom stereocenters. The van der Waals surface area contributed by atoms with Gasteiger partial charge in [0, 0.05) is 19.4 Å². The third-order valence-electron chi connectivity index (χ3n) is 1.72. The van der Waals surface area contributed by atoms with Crippen LogP contribution in [0.1, 0.15) is 0 Å². The highest BCUT2D eigenvalue weighted by Crippen LogP contribution is 2.15. The van der Waals surface area contributed by atoms with Crippen molar-refractivity contribution in [2.75, 3.05) is 11.1 Å². The lowest BCUT2D eigenvalue weighted by Gasteiger charge is -2.01. The van der Waals surface area contributed by atoms with Gasteiger partial charge in [0.1, 0.15) is 5.51 Å². The highest BCUT2D eigenvalue weighted by molar-refractivity contribution is 7.99. The number of hydrogen-bond acceptors (Lipinski definition) is 6. The van der Waals surface area contributed by atoms with Crippen LogP contribution in [0.15, 0.2) is 23.1 Å². The van der Waals surface area contributed by atoms with E-state index in [4.69, 9.17) is 0 Å². The summed E-state index contributed by atoms with van der Waals surface area (Å²) in [7, 11) is 1.89.